The molecule has 1 amide bonds. The number of carbonyl (C=O) groups is 1. The second-order valence-corrected chi connectivity index (χ2v) is 6.69. The number of amidine groups is 1. The molecule has 0 saturated heterocycles. The van der Waals surface area contributed by atoms with Crippen LogP contribution < -0.4 is 5.43 Å². The number of nitrogens with zero attached hydrogens (tertiary/aromatic N) is 3. The molecule has 7 heteroatoms. The summed E-state index contributed by atoms with van der Waals surface area (Å²) in [6.45, 7) is 7.36. The zero-order chi connectivity index (χ0) is 15.2. The topological polar surface area (TPSA) is 57.2 Å². The first-order valence-electron chi connectivity index (χ1n) is 7.01. The number of carbonyl (C=O) groups excluding carboxylic acids is 1. The van der Waals surface area contributed by atoms with Crippen molar-refractivity contribution in [3.05, 3.63) is 22.4 Å². The van der Waals surface area contributed by atoms with Gasteiger partial charge in [0.05, 0.1) is 11.6 Å². The average Bonchev–Trinajstić information content (AvgIpc) is 2.84. The van der Waals surface area contributed by atoms with Gasteiger partial charge in [0.1, 0.15) is 12.3 Å². The van der Waals surface area contributed by atoms with Gasteiger partial charge >= 0.3 is 6.09 Å². The summed E-state index contributed by atoms with van der Waals surface area (Å²) in [5.41, 5.74) is 4.59. The first-order valence-corrected chi connectivity index (χ1v) is 7.38. The molecule has 0 aliphatic carbocycles. The summed E-state index contributed by atoms with van der Waals surface area (Å²) < 4.78 is 5.43. The molecule has 21 heavy (non-hydrogen) atoms. The van der Waals surface area contributed by atoms with Crippen molar-refractivity contribution in [2.75, 3.05) is 19.8 Å². The van der Waals surface area contributed by atoms with Gasteiger partial charge in [-0.05, 0) is 20.8 Å². The summed E-state index contributed by atoms with van der Waals surface area (Å²) >= 11 is 6.35. The van der Waals surface area contributed by atoms with Gasteiger partial charge < -0.3 is 14.5 Å². The summed E-state index contributed by atoms with van der Waals surface area (Å²) in [5, 5.41) is 4.84. The van der Waals surface area contributed by atoms with E-state index in [2.05, 4.69) is 15.4 Å². The Balaban J connectivity index is 1.79. The highest BCUT2D eigenvalue weighted by molar-refractivity contribution is 6.34. The molecule has 3 heterocycles. The van der Waals surface area contributed by atoms with Gasteiger partial charge in [-0.1, -0.05) is 11.6 Å². The second kappa shape index (κ2) is 4.94. The van der Waals surface area contributed by atoms with Crippen molar-refractivity contribution in [3.63, 3.8) is 0 Å². The van der Waals surface area contributed by atoms with Crippen molar-refractivity contribution in [3.8, 4) is 0 Å². The molecular formula is C14H19ClN4O2. The van der Waals surface area contributed by atoms with E-state index in [-0.39, 0.29) is 6.09 Å². The van der Waals surface area contributed by atoms with Crippen LogP contribution >= 0.6 is 11.6 Å². The molecule has 0 aromatic heterocycles. The molecule has 0 atom stereocenters. The number of ether oxygens (including phenoxy) is 1. The number of nitrogens with one attached hydrogen (secondary N) is 1. The number of amides is 1. The van der Waals surface area contributed by atoms with Crippen LogP contribution in [0.3, 0.4) is 0 Å². The number of fused-ring (bicyclic) bond motifs is 2. The fourth-order valence-electron chi connectivity index (χ4n) is 2.62. The first kappa shape index (κ1) is 14.3. The Hall–Kier alpha value is -1.69. The van der Waals surface area contributed by atoms with Crippen molar-refractivity contribution in [1.82, 2.24) is 15.2 Å². The summed E-state index contributed by atoms with van der Waals surface area (Å²) in [6.07, 6.45) is 2.29. The monoisotopic (exact) mass is 310 g/mol. The molecule has 0 aromatic rings. The van der Waals surface area contributed by atoms with Crippen LogP contribution in [0.2, 0.25) is 0 Å². The smallest absolute Gasteiger partial charge is 0.410 e. The maximum absolute atomic E-state index is 12.2. The molecule has 0 saturated carbocycles. The zero-order valence-corrected chi connectivity index (χ0v) is 13.2. The Morgan fingerprint density at radius 2 is 2.24 bits per heavy atom. The maximum atomic E-state index is 12.2. The SMILES string of the molecule is CC(C)(C)OC(=O)N1CCC2=C(C1)C(Cl)=CC1=NNCN12. The van der Waals surface area contributed by atoms with E-state index in [1.165, 1.54) is 0 Å². The van der Waals surface area contributed by atoms with Crippen molar-refractivity contribution < 1.29 is 9.53 Å². The van der Waals surface area contributed by atoms with Gasteiger partial charge in [0, 0.05) is 30.3 Å². The highest BCUT2D eigenvalue weighted by atomic mass is 35.5. The van der Waals surface area contributed by atoms with Gasteiger partial charge in [0.15, 0.2) is 5.84 Å². The molecule has 0 radical (unpaired) electrons. The fourth-order valence-corrected chi connectivity index (χ4v) is 2.89. The Bertz CT molecular complexity index is 574. The van der Waals surface area contributed by atoms with Crippen LogP contribution in [0.15, 0.2) is 27.5 Å². The fraction of sp³-hybridized carbons (Fsp3) is 0.571. The molecule has 114 valence electrons. The van der Waals surface area contributed by atoms with Crippen LogP contribution in [0.5, 0.6) is 0 Å². The Morgan fingerprint density at radius 1 is 1.48 bits per heavy atom. The molecular weight excluding hydrogens is 292 g/mol. The molecule has 3 aliphatic heterocycles. The number of hydrogen-bond acceptors (Lipinski definition) is 5. The van der Waals surface area contributed by atoms with Crippen LogP contribution in [0.4, 0.5) is 4.79 Å². The molecule has 1 N–H and O–H groups in total. The summed E-state index contributed by atoms with van der Waals surface area (Å²) in [4.78, 5) is 16.0. The Morgan fingerprint density at radius 3 is 2.95 bits per heavy atom. The maximum Gasteiger partial charge on any atom is 0.410 e. The molecule has 0 fully saturated rings. The standard InChI is InChI=1S/C14H19ClN4O2/c1-14(2,3)21-13(20)18-5-4-11-9(7-18)10(15)6-12-17-16-8-19(11)12/h6,16H,4-5,7-8H2,1-3H3. The van der Waals surface area contributed by atoms with Crippen molar-refractivity contribution in [2.45, 2.75) is 32.8 Å². The third kappa shape index (κ3) is 2.72. The van der Waals surface area contributed by atoms with Gasteiger partial charge in [-0.2, -0.15) is 5.10 Å². The largest absolute Gasteiger partial charge is 0.444 e. The van der Waals surface area contributed by atoms with E-state index in [1.807, 2.05) is 26.8 Å². The lowest BCUT2D eigenvalue weighted by atomic mass is 10.0. The average molecular weight is 311 g/mol. The normalized spacial score (nSPS) is 21.3. The molecule has 0 spiro atoms. The lowest BCUT2D eigenvalue weighted by Crippen LogP contribution is -2.44. The lowest BCUT2D eigenvalue weighted by molar-refractivity contribution is 0.0256. The van der Waals surface area contributed by atoms with E-state index in [9.17, 15) is 4.79 Å². The second-order valence-electron chi connectivity index (χ2n) is 6.28. The minimum atomic E-state index is -0.489. The zero-order valence-electron chi connectivity index (χ0n) is 12.4. The van der Waals surface area contributed by atoms with Crippen molar-refractivity contribution in [1.29, 1.82) is 0 Å². The highest BCUT2D eigenvalue weighted by Gasteiger charge is 2.34. The van der Waals surface area contributed by atoms with E-state index < -0.39 is 5.60 Å². The van der Waals surface area contributed by atoms with Gasteiger partial charge in [-0.15, -0.1) is 0 Å². The third-order valence-electron chi connectivity index (χ3n) is 3.54. The minimum Gasteiger partial charge on any atom is -0.444 e. The van der Waals surface area contributed by atoms with E-state index in [1.54, 1.807) is 4.90 Å². The number of hydrazone groups is 1. The Kier molecular flexibility index (Phi) is 3.36. The molecule has 6 nitrogen and oxygen atoms in total. The van der Waals surface area contributed by atoms with Crippen LogP contribution in [0.25, 0.3) is 0 Å². The van der Waals surface area contributed by atoms with E-state index in [0.717, 1.165) is 23.5 Å². The molecule has 3 rings (SSSR count). The van der Waals surface area contributed by atoms with E-state index in [0.29, 0.717) is 24.8 Å². The number of rotatable bonds is 0. The van der Waals surface area contributed by atoms with Crippen LogP contribution in [0, 0.1) is 0 Å². The predicted octanol–water partition coefficient (Wildman–Crippen LogP) is 2.19. The van der Waals surface area contributed by atoms with Gasteiger partial charge in [-0.3, -0.25) is 5.43 Å². The quantitative estimate of drug-likeness (QED) is 0.745. The van der Waals surface area contributed by atoms with Crippen molar-refractivity contribution in [2.24, 2.45) is 5.10 Å². The van der Waals surface area contributed by atoms with Gasteiger partial charge in [-0.25, -0.2) is 4.79 Å². The van der Waals surface area contributed by atoms with Crippen LogP contribution in [-0.4, -0.2) is 47.1 Å². The predicted molar refractivity (Wildman–Crippen MR) is 80.7 cm³/mol. The number of hydrogen-bond donors (Lipinski definition) is 1. The lowest BCUT2D eigenvalue weighted by Gasteiger charge is -2.37. The molecule has 0 unspecified atom stereocenters. The minimum absolute atomic E-state index is 0.294. The molecule has 0 bridgehead atoms. The van der Waals surface area contributed by atoms with Gasteiger partial charge in [0.2, 0.25) is 0 Å². The first-order chi connectivity index (χ1) is 9.85. The van der Waals surface area contributed by atoms with Crippen LogP contribution in [0.1, 0.15) is 27.2 Å². The third-order valence-corrected chi connectivity index (χ3v) is 3.87. The summed E-state index contributed by atoms with van der Waals surface area (Å²) in [6, 6.07) is 0. The molecule has 0 aromatic carbocycles. The van der Waals surface area contributed by atoms with Gasteiger partial charge in [0.25, 0.3) is 0 Å². The van der Waals surface area contributed by atoms with E-state index in [4.69, 9.17) is 16.3 Å². The van der Waals surface area contributed by atoms with E-state index >= 15 is 0 Å². The van der Waals surface area contributed by atoms with Crippen molar-refractivity contribution >= 4 is 23.5 Å². The Labute approximate surface area is 129 Å². The summed E-state index contributed by atoms with van der Waals surface area (Å²) in [7, 11) is 0. The summed E-state index contributed by atoms with van der Waals surface area (Å²) in [5.74, 6) is 0.837. The number of halogens is 1. The van der Waals surface area contributed by atoms with Crippen LogP contribution in [-0.2, 0) is 4.74 Å². The molecule has 3 aliphatic rings. The highest BCUT2D eigenvalue weighted by Crippen LogP contribution is 2.34.